The number of benzene rings is 1. The van der Waals surface area contributed by atoms with E-state index >= 15 is 0 Å². The first-order chi connectivity index (χ1) is 5.82. The highest BCUT2D eigenvalue weighted by Crippen LogP contribution is 2.26. The molecule has 5 heteroatoms. The summed E-state index contributed by atoms with van der Waals surface area (Å²) in [5, 5.41) is 9.25. The molecule has 3 nitrogen and oxygen atoms in total. The van der Waals surface area contributed by atoms with Gasteiger partial charge in [0, 0.05) is 10.7 Å². The summed E-state index contributed by atoms with van der Waals surface area (Å²) in [6.07, 6.45) is 0. The molecule has 0 saturated carbocycles. The molecule has 0 radical (unpaired) electrons. The van der Waals surface area contributed by atoms with Gasteiger partial charge in [0.25, 0.3) is 9.05 Å². The maximum Gasteiger partial charge on any atom is 0.261 e. The Labute approximate surface area is 81.4 Å². The van der Waals surface area contributed by atoms with Gasteiger partial charge in [0.15, 0.2) is 0 Å². The fraction of sp³-hybridized carbons (Fsp3) is 0.250. The van der Waals surface area contributed by atoms with Crippen molar-refractivity contribution in [1.82, 2.24) is 0 Å². The highest BCUT2D eigenvalue weighted by molar-refractivity contribution is 8.13. The van der Waals surface area contributed by atoms with E-state index in [1.54, 1.807) is 13.8 Å². The molecule has 0 unspecified atom stereocenters. The molecule has 0 spiro atoms. The first kappa shape index (κ1) is 10.3. The molecule has 0 saturated heterocycles. The van der Waals surface area contributed by atoms with Crippen LogP contribution >= 0.6 is 10.7 Å². The van der Waals surface area contributed by atoms with E-state index in [1.165, 1.54) is 12.1 Å². The largest absolute Gasteiger partial charge is 0.508 e. The summed E-state index contributed by atoms with van der Waals surface area (Å²) < 4.78 is 22.0. The molecule has 0 amide bonds. The second-order valence-electron chi connectivity index (χ2n) is 2.84. The molecule has 72 valence electrons. The summed E-state index contributed by atoms with van der Waals surface area (Å²) in [7, 11) is 1.47. The van der Waals surface area contributed by atoms with Crippen LogP contribution in [0.25, 0.3) is 0 Å². The van der Waals surface area contributed by atoms with Crippen molar-refractivity contribution < 1.29 is 13.5 Å². The van der Waals surface area contributed by atoms with E-state index in [9.17, 15) is 13.5 Å². The van der Waals surface area contributed by atoms with Gasteiger partial charge in [-0.2, -0.15) is 0 Å². The van der Waals surface area contributed by atoms with Gasteiger partial charge in [0.2, 0.25) is 0 Å². The molecule has 1 aromatic carbocycles. The van der Waals surface area contributed by atoms with Crippen molar-refractivity contribution in [2.75, 3.05) is 0 Å². The van der Waals surface area contributed by atoms with E-state index in [4.69, 9.17) is 10.7 Å². The molecule has 0 fully saturated rings. The van der Waals surface area contributed by atoms with Gasteiger partial charge in [-0.3, -0.25) is 0 Å². The van der Waals surface area contributed by atoms with Crippen LogP contribution in [0.2, 0.25) is 0 Å². The van der Waals surface area contributed by atoms with Crippen molar-refractivity contribution in [3.63, 3.8) is 0 Å². The summed E-state index contributed by atoms with van der Waals surface area (Å²) in [5.41, 5.74) is 0.933. The van der Waals surface area contributed by atoms with E-state index in [0.717, 1.165) is 0 Å². The standard InChI is InChI=1S/C8H9ClO3S/c1-5-4-8(13(9,11)12)6(2)3-7(5)10/h3-4,10H,1-2H3. The Bertz CT molecular complexity index is 437. The first-order valence-electron chi connectivity index (χ1n) is 3.57. The monoisotopic (exact) mass is 220 g/mol. The molecule has 1 N–H and O–H groups in total. The van der Waals surface area contributed by atoms with E-state index in [1.807, 2.05) is 0 Å². The third-order valence-corrected chi connectivity index (χ3v) is 3.22. The zero-order valence-corrected chi connectivity index (χ0v) is 8.78. The van der Waals surface area contributed by atoms with Crippen LogP contribution in [-0.4, -0.2) is 13.5 Å². The minimum absolute atomic E-state index is 0.0458. The predicted molar refractivity (Wildman–Crippen MR) is 50.6 cm³/mol. The Balaban J connectivity index is 3.50. The molecular formula is C8H9ClO3S. The normalized spacial score (nSPS) is 11.6. The number of aromatic hydroxyl groups is 1. The van der Waals surface area contributed by atoms with E-state index < -0.39 is 9.05 Å². The zero-order valence-electron chi connectivity index (χ0n) is 7.20. The predicted octanol–water partition coefficient (Wildman–Crippen LogP) is 1.94. The highest BCUT2D eigenvalue weighted by Gasteiger charge is 2.14. The number of phenolic OH excluding ortho intramolecular Hbond substituents is 1. The Morgan fingerprint density at radius 3 is 2.23 bits per heavy atom. The van der Waals surface area contributed by atoms with Crippen LogP contribution in [0.5, 0.6) is 5.75 Å². The second-order valence-corrected chi connectivity index (χ2v) is 5.38. The van der Waals surface area contributed by atoms with Crippen molar-refractivity contribution in [2.24, 2.45) is 0 Å². The van der Waals surface area contributed by atoms with Crippen LogP contribution in [0, 0.1) is 13.8 Å². The van der Waals surface area contributed by atoms with Gasteiger partial charge in [-0.25, -0.2) is 8.42 Å². The average Bonchev–Trinajstić information content (AvgIpc) is 1.94. The molecule has 0 aliphatic heterocycles. The lowest BCUT2D eigenvalue weighted by Crippen LogP contribution is -1.95. The fourth-order valence-electron chi connectivity index (χ4n) is 1.04. The van der Waals surface area contributed by atoms with E-state index in [2.05, 4.69) is 0 Å². The summed E-state index contributed by atoms with van der Waals surface area (Å²) >= 11 is 0. The van der Waals surface area contributed by atoms with Crippen LogP contribution in [0.1, 0.15) is 11.1 Å². The van der Waals surface area contributed by atoms with Crippen LogP contribution < -0.4 is 0 Å². The van der Waals surface area contributed by atoms with Crippen molar-refractivity contribution in [2.45, 2.75) is 18.7 Å². The third kappa shape index (κ3) is 2.14. The average molecular weight is 221 g/mol. The van der Waals surface area contributed by atoms with Crippen LogP contribution in [-0.2, 0) is 9.05 Å². The number of aryl methyl sites for hydroxylation is 2. The van der Waals surface area contributed by atoms with Gasteiger partial charge in [-0.05, 0) is 37.1 Å². The first-order valence-corrected chi connectivity index (χ1v) is 5.88. The summed E-state index contributed by atoms with van der Waals surface area (Å²) in [6, 6.07) is 2.73. The minimum Gasteiger partial charge on any atom is -0.508 e. The second kappa shape index (κ2) is 3.20. The van der Waals surface area contributed by atoms with Gasteiger partial charge in [0.05, 0.1) is 4.90 Å². The molecule has 0 aliphatic carbocycles. The molecule has 13 heavy (non-hydrogen) atoms. The Kier molecular flexibility index (Phi) is 2.54. The molecule has 0 bridgehead atoms. The number of hydrogen-bond donors (Lipinski definition) is 1. The maximum absolute atomic E-state index is 11.0. The number of hydrogen-bond acceptors (Lipinski definition) is 3. The summed E-state index contributed by atoms with van der Waals surface area (Å²) in [4.78, 5) is 0.0458. The summed E-state index contributed by atoms with van der Waals surface area (Å²) in [6.45, 7) is 3.19. The molecule has 0 atom stereocenters. The van der Waals surface area contributed by atoms with Crippen molar-refractivity contribution in [1.29, 1.82) is 0 Å². The van der Waals surface area contributed by atoms with Crippen molar-refractivity contribution >= 4 is 19.7 Å². The van der Waals surface area contributed by atoms with Crippen LogP contribution in [0.3, 0.4) is 0 Å². The van der Waals surface area contributed by atoms with Crippen LogP contribution in [0.4, 0.5) is 0 Å². The van der Waals surface area contributed by atoms with Gasteiger partial charge >= 0.3 is 0 Å². The van der Waals surface area contributed by atoms with Crippen molar-refractivity contribution in [3.8, 4) is 5.75 Å². The molecular weight excluding hydrogens is 212 g/mol. The lowest BCUT2D eigenvalue weighted by atomic mass is 10.1. The number of phenols is 1. The Hall–Kier alpha value is -0.740. The van der Waals surface area contributed by atoms with Gasteiger partial charge in [-0.15, -0.1) is 0 Å². The zero-order chi connectivity index (χ0) is 10.2. The maximum atomic E-state index is 11.0. The Morgan fingerprint density at radius 1 is 1.23 bits per heavy atom. The minimum atomic E-state index is -3.71. The highest BCUT2D eigenvalue weighted by atomic mass is 35.7. The molecule has 0 aliphatic rings. The SMILES string of the molecule is Cc1cc(S(=O)(=O)Cl)c(C)cc1O. The van der Waals surface area contributed by atoms with Gasteiger partial charge in [0.1, 0.15) is 5.75 Å². The van der Waals surface area contributed by atoms with Crippen molar-refractivity contribution in [3.05, 3.63) is 23.3 Å². The number of rotatable bonds is 1. The van der Waals surface area contributed by atoms with Crippen LogP contribution in [0.15, 0.2) is 17.0 Å². The van der Waals surface area contributed by atoms with E-state index in [0.29, 0.717) is 11.1 Å². The number of halogens is 1. The van der Waals surface area contributed by atoms with E-state index in [-0.39, 0.29) is 10.6 Å². The lowest BCUT2D eigenvalue weighted by molar-refractivity contribution is 0.470. The van der Waals surface area contributed by atoms with Gasteiger partial charge in [-0.1, -0.05) is 0 Å². The Morgan fingerprint density at radius 2 is 1.77 bits per heavy atom. The molecule has 0 heterocycles. The van der Waals surface area contributed by atoms with Gasteiger partial charge < -0.3 is 5.11 Å². The lowest BCUT2D eigenvalue weighted by Gasteiger charge is -2.04. The smallest absolute Gasteiger partial charge is 0.261 e. The molecule has 1 rings (SSSR count). The molecule has 0 aromatic heterocycles. The fourth-order valence-corrected chi connectivity index (χ4v) is 2.30. The topological polar surface area (TPSA) is 54.4 Å². The third-order valence-electron chi connectivity index (χ3n) is 1.76. The quantitative estimate of drug-likeness (QED) is 0.736. The molecule has 1 aromatic rings. The summed E-state index contributed by atoms with van der Waals surface area (Å²) in [5.74, 6) is 0.0709.